The van der Waals surface area contributed by atoms with Gasteiger partial charge in [-0.1, -0.05) is 54.1 Å². The van der Waals surface area contributed by atoms with Crippen molar-refractivity contribution in [1.29, 1.82) is 0 Å². The van der Waals surface area contributed by atoms with Crippen LogP contribution < -0.4 is 0 Å². The number of hydrogen-bond acceptors (Lipinski definition) is 3. The Balaban J connectivity index is 1.49. The minimum absolute atomic E-state index is 0.380. The van der Waals surface area contributed by atoms with Gasteiger partial charge in [-0.05, 0) is 43.4 Å². The maximum absolute atomic E-state index is 10.4. The largest absolute Gasteiger partial charge is 0.389 e. The number of aliphatic hydroxyl groups is 1. The highest BCUT2D eigenvalue weighted by Crippen LogP contribution is 2.29. The minimum Gasteiger partial charge on any atom is -0.389 e. The molecule has 0 radical (unpaired) electrons. The fourth-order valence-electron chi connectivity index (χ4n) is 3.23. The molecule has 3 nitrogen and oxygen atoms in total. The predicted molar refractivity (Wildman–Crippen MR) is 101 cm³/mol. The molecule has 1 N–H and O–H groups in total. The molecule has 1 aliphatic carbocycles. The summed E-state index contributed by atoms with van der Waals surface area (Å²) < 4.78 is 5.70. The van der Waals surface area contributed by atoms with Crippen LogP contribution in [0.4, 0.5) is 0 Å². The van der Waals surface area contributed by atoms with E-state index in [1.54, 1.807) is 0 Å². The maximum atomic E-state index is 10.4. The van der Waals surface area contributed by atoms with Gasteiger partial charge in [-0.25, -0.2) is 0 Å². The molecule has 1 saturated carbocycles. The zero-order chi connectivity index (χ0) is 17.6. The average Bonchev–Trinajstić information content (AvgIpc) is 3.42. The normalized spacial score (nSPS) is 15.5. The summed E-state index contributed by atoms with van der Waals surface area (Å²) in [4.78, 5) is 2.41. The molecule has 0 spiro atoms. The van der Waals surface area contributed by atoms with E-state index in [-0.39, 0.29) is 0 Å². The summed E-state index contributed by atoms with van der Waals surface area (Å²) >= 11 is 0. The van der Waals surface area contributed by atoms with Crippen molar-refractivity contribution in [3.63, 3.8) is 0 Å². The topological polar surface area (TPSA) is 32.7 Å². The summed E-state index contributed by atoms with van der Waals surface area (Å²) in [5, 5.41) is 10.4. The molecule has 0 saturated heterocycles. The molecule has 0 heterocycles. The highest BCUT2D eigenvalue weighted by molar-refractivity contribution is 5.30. The molecule has 2 aromatic rings. The molecule has 0 aliphatic heterocycles. The van der Waals surface area contributed by atoms with Crippen molar-refractivity contribution in [3.8, 4) is 0 Å². The Morgan fingerprint density at radius 3 is 2.56 bits per heavy atom. The van der Waals surface area contributed by atoms with Crippen molar-refractivity contribution in [2.45, 2.75) is 52.0 Å². The Kier molecular flexibility index (Phi) is 6.24. The number of aliphatic hydroxyl groups excluding tert-OH is 1. The first-order valence-corrected chi connectivity index (χ1v) is 9.22. The second-order valence-corrected chi connectivity index (χ2v) is 7.25. The summed E-state index contributed by atoms with van der Waals surface area (Å²) in [5.41, 5.74) is 5.13. The van der Waals surface area contributed by atoms with Crippen molar-refractivity contribution in [2.75, 3.05) is 13.2 Å². The second-order valence-electron chi connectivity index (χ2n) is 7.25. The Hall–Kier alpha value is -1.68. The van der Waals surface area contributed by atoms with Gasteiger partial charge in [0.05, 0.1) is 19.3 Å². The monoisotopic (exact) mass is 339 g/mol. The fraction of sp³-hybridized carbons (Fsp3) is 0.455. The van der Waals surface area contributed by atoms with E-state index in [1.165, 1.54) is 29.5 Å². The Labute approximate surface area is 151 Å². The van der Waals surface area contributed by atoms with Crippen molar-refractivity contribution in [3.05, 3.63) is 70.8 Å². The smallest absolute Gasteiger partial charge is 0.0900 e. The van der Waals surface area contributed by atoms with Crippen LogP contribution in [-0.4, -0.2) is 35.3 Å². The number of benzene rings is 2. The third-order valence-electron chi connectivity index (χ3n) is 4.80. The van der Waals surface area contributed by atoms with E-state index in [1.807, 2.05) is 30.3 Å². The third kappa shape index (κ3) is 5.67. The lowest BCUT2D eigenvalue weighted by Gasteiger charge is -2.26. The maximum Gasteiger partial charge on any atom is 0.0900 e. The molecule has 0 amide bonds. The number of hydrogen-bond donors (Lipinski definition) is 1. The van der Waals surface area contributed by atoms with E-state index in [2.05, 4.69) is 36.9 Å². The summed E-state index contributed by atoms with van der Waals surface area (Å²) in [6.45, 7) is 6.82. The second kappa shape index (κ2) is 8.61. The van der Waals surface area contributed by atoms with Gasteiger partial charge in [-0.3, -0.25) is 4.90 Å². The van der Waals surface area contributed by atoms with Gasteiger partial charge < -0.3 is 9.84 Å². The average molecular weight is 339 g/mol. The number of ether oxygens (including phenoxy) is 1. The fourth-order valence-corrected chi connectivity index (χ4v) is 3.23. The highest BCUT2D eigenvalue weighted by atomic mass is 16.5. The van der Waals surface area contributed by atoms with Gasteiger partial charge in [0.25, 0.3) is 0 Å². The number of rotatable bonds is 9. The van der Waals surface area contributed by atoms with Crippen LogP contribution in [0.1, 0.15) is 35.1 Å². The quantitative estimate of drug-likeness (QED) is 0.753. The van der Waals surface area contributed by atoms with E-state index >= 15 is 0 Å². The van der Waals surface area contributed by atoms with E-state index in [4.69, 9.17) is 4.74 Å². The molecule has 25 heavy (non-hydrogen) atoms. The van der Waals surface area contributed by atoms with E-state index in [9.17, 15) is 5.11 Å². The zero-order valence-electron chi connectivity index (χ0n) is 15.3. The van der Waals surface area contributed by atoms with Gasteiger partial charge in [0, 0.05) is 19.1 Å². The van der Waals surface area contributed by atoms with Crippen molar-refractivity contribution in [1.82, 2.24) is 4.90 Å². The molecular formula is C22H29NO2. The molecule has 134 valence electrons. The highest BCUT2D eigenvalue weighted by Gasteiger charge is 2.30. The van der Waals surface area contributed by atoms with Crippen LogP contribution in [0.25, 0.3) is 0 Å². The first kappa shape index (κ1) is 18.1. The summed E-state index contributed by atoms with van der Waals surface area (Å²) in [5.74, 6) is 0. The first-order chi connectivity index (χ1) is 12.1. The Bertz CT molecular complexity index is 667. The van der Waals surface area contributed by atoms with Gasteiger partial charge in [0.15, 0.2) is 0 Å². The van der Waals surface area contributed by atoms with Crippen LogP contribution in [0.3, 0.4) is 0 Å². The number of aryl methyl sites for hydroxylation is 2. The van der Waals surface area contributed by atoms with E-state index in [0.29, 0.717) is 25.8 Å². The van der Waals surface area contributed by atoms with Crippen LogP contribution in [0.5, 0.6) is 0 Å². The molecule has 0 aromatic heterocycles. The summed E-state index contributed by atoms with van der Waals surface area (Å²) in [6.07, 6.45) is 2.03. The molecule has 0 bridgehead atoms. The lowest BCUT2D eigenvalue weighted by Crippen LogP contribution is -2.36. The lowest BCUT2D eigenvalue weighted by atomic mass is 10.1. The van der Waals surface area contributed by atoms with Crippen molar-refractivity contribution >= 4 is 0 Å². The molecule has 1 atom stereocenters. The van der Waals surface area contributed by atoms with Gasteiger partial charge in [-0.2, -0.15) is 0 Å². The van der Waals surface area contributed by atoms with E-state index in [0.717, 1.165) is 12.1 Å². The first-order valence-electron chi connectivity index (χ1n) is 9.22. The minimum atomic E-state index is -0.449. The van der Waals surface area contributed by atoms with Crippen LogP contribution in [0.15, 0.2) is 48.5 Å². The van der Waals surface area contributed by atoms with Crippen molar-refractivity contribution < 1.29 is 9.84 Å². The van der Waals surface area contributed by atoms with Gasteiger partial charge >= 0.3 is 0 Å². The van der Waals surface area contributed by atoms with Gasteiger partial charge in [-0.15, -0.1) is 0 Å². The molecule has 1 unspecified atom stereocenters. The zero-order valence-corrected chi connectivity index (χ0v) is 15.3. The standard InChI is InChI=1S/C22H29NO2/c1-17-8-9-20(18(2)12-17)13-23(21-10-11-21)14-22(24)16-25-15-19-6-4-3-5-7-19/h3-9,12,21-22,24H,10-11,13-16H2,1-2H3. The Morgan fingerprint density at radius 1 is 1.12 bits per heavy atom. The Morgan fingerprint density at radius 2 is 1.88 bits per heavy atom. The SMILES string of the molecule is Cc1ccc(CN(CC(O)COCc2ccccc2)C2CC2)c(C)c1. The predicted octanol–water partition coefficient (Wildman–Crippen LogP) is 3.85. The van der Waals surface area contributed by atoms with E-state index < -0.39 is 6.10 Å². The molecular weight excluding hydrogens is 310 g/mol. The molecule has 3 rings (SSSR count). The van der Waals surface area contributed by atoms with Crippen LogP contribution in [0.2, 0.25) is 0 Å². The van der Waals surface area contributed by atoms with Gasteiger partial charge in [0.1, 0.15) is 0 Å². The van der Waals surface area contributed by atoms with Crippen LogP contribution in [0, 0.1) is 13.8 Å². The lowest BCUT2D eigenvalue weighted by molar-refractivity contribution is 0.00703. The van der Waals surface area contributed by atoms with Gasteiger partial charge in [0.2, 0.25) is 0 Å². The molecule has 1 fully saturated rings. The summed E-state index contributed by atoms with van der Waals surface area (Å²) in [6, 6.07) is 17.3. The van der Waals surface area contributed by atoms with Crippen LogP contribution >= 0.6 is 0 Å². The molecule has 2 aromatic carbocycles. The summed E-state index contributed by atoms with van der Waals surface area (Å²) in [7, 11) is 0. The number of nitrogens with zero attached hydrogens (tertiary/aromatic N) is 1. The third-order valence-corrected chi connectivity index (χ3v) is 4.80. The van der Waals surface area contributed by atoms with Crippen molar-refractivity contribution in [2.24, 2.45) is 0 Å². The molecule has 3 heteroatoms. The van der Waals surface area contributed by atoms with Crippen LogP contribution in [-0.2, 0) is 17.9 Å². The molecule has 1 aliphatic rings.